The molecule has 3 atom stereocenters. The van der Waals surface area contributed by atoms with Crippen LogP contribution in [0.4, 0.5) is 0 Å². The van der Waals surface area contributed by atoms with Crippen molar-refractivity contribution in [2.45, 2.75) is 111 Å². The number of aliphatic hydroxyl groups is 1. The van der Waals surface area contributed by atoms with Crippen LogP contribution in [0.25, 0.3) is 0 Å². The molecular formula is C25H49NO3Sn. The Morgan fingerprint density at radius 1 is 1.10 bits per heavy atom. The van der Waals surface area contributed by atoms with Crippen LogP contribution in [0.3, 0.4) is 0 Å². The van der Waals surface area contributed by atoms with Gasteiger partial charge in [-0.05, 0) is 0 Å². The summed E-state index contributed by atoms with van der Waals surface area (Å²) in [6, 6.07) is 0. The van der Waals surface area contributed by atoms with E-state index in [2.05, 4.69) is 42.9 Å². The number of piperidine rings is 1. The third kappa shape index (κ3) is 10.0. The zero-order valence-corrected chi connectivity index (χ0v) is 23.4. The molecule has 0 aromatic rings. The summed E-state index contributed by atoms with van der Waals surface area (Å²) in [5.74, 6) is -0.107. The van der Waals surface area contributed by atoms with E-state index in [4.69, 9.17) is 4.74 Å². The van der Waals surface area contributed by atoms with Gasteiger partial charge in [-0.15, -0.1) is 0 Å². The standard InChI is InChI=1S/C13H22NO3.3C4H9.Sn/c1-4-6-11(15)10-7-8-14(3)9-12(10)17-13(16)5-2;3*1-3-4-2;/h1,4,10-12,15H,5-9H2,2-3H3;3*1,3-4H2,2H3;. The summed E-state index contributed by atoms with van der Waals surface area (Å²) in [6.07, 6.45) is 11.7. The monoisotopic (exact) mass is 531 g/mol. The number of carbonyl (C=O) groups excluding carboxylic acids is 1. The van der Waals surface area contributed by atoms with Crippen LogP contribution in [0.2, 0.25) is 13.3 Å². The van der Waals surface area contributed by atoms with E-state index >= 15 is 0 Å². The molecule has 176 valence electrons. The van der Waals surface area contributed by atoms with Gasteiger partial charge in [-0.1, -0.05) is 0 Å². The van der Waals surface area contributed by atoms with Crippen LogP contribution < -0.4 is 0 Å². The molecule has 1 fully saturated rings. The van der Waals surface area contributed by atoms with E-state index in [-0.39, 0.29) is 18.0 Å². The Morgan fingerprint density at radius 2 is 1.67 bits per heavy atom. The average Bonchev–Trinajstić information content (AvgIpc) is 2.74. The first kappa shape index (κ1) is 28.0. The van der Waals surface area contributed by atoms with Crippen LogP contribution in [0, 0.1) is 5.92 Å². The van der Waals surface area contributed by atoms with E-state index in [1.54, 1.807) is 0 Å². The van der Waals surface area contributed by atoms with Gasteiger partial charge in [0, 0.05) is 0 Å². The summed E-state index contributed by atoms with van der Waals surface area (Å²) in [5, 5.41) is 11.0. The number of likely N-dealkylation sites (N-methyl/N-ethyl adjacent to an activating group) is 1. The van der Waals surface area contributed by atoms with Crippen molar-refractivity contribution in [2.75, 3.05) is 20.1 Å². The van der Waals surface area contributed by atoms with Gasteiger partial charge in [0.05, 0.1) is 0 Å². The number of hydrogen-bond acceptors (Lipinski definition) is 4. The third-order valence-corrected chi connectivity index (χ3v) is 21.1. The Balaban J connectivity index is 2.83. The zero-order valence-electron chi connectivity index (χ0n) is 20.5. The van der Waals surface area contributed by atoms with Crippen molar-refractivity contribution in [1.82, 2.24) is 4.90 Å². The molecule has 1 heterocycles. The first-order chi connectivity index (χ1) is 14.4. The van der Waals surface area contributed by atoms with E-state index in [0.717, 1.165) is 19.5 Å². The van der Waals surface area contributed by atoms with Crippen molar-refractivity contribution >= 4 is 24.3 Å². The predicted molar refractivity (Wildman–Crippen MR) is 130 cm³/mol. The van der Waals surface area contributed by atoms with Gasteiger partial charge in [-0.25, -0.2) is 0 Å². The summed E-state index contributed by atoms with van der Waals surface area (Å²) < 4.78 is 12.7. The number of hydrogen-bond donors (Lipinski definition) is 1. The van der Waals surface area contributed by atoms with Gasteiger partial charge in [-0.2, -0.15) is 0 Å². The number of rotatable bonds is 15. The summed E-state index contributed by atoms with van der Waals surface area (Å²) >= 11 is -2.29. The SMILES string of the molecule is CCC[CH2][Sn]([CH]=CCC(O)C1CCN(C)CC1OC(=O)CC)([CH2]CCC)[CH2]CCC. The number of unbranched alkanes of at least 4 members (excludes halogenated alkanes) is 3. The predicted octanol–water partition coefficient (Wildman–Crippen LogP) is 5.96. The van der Waals surface area contributed by atoms with Crippen LogP contribution in [-0.2, 0) is 9.53 Å². The molecule has 0 saturated carbocycles. The van der Waals surface area contributed by atoms with Crippen LogP contribution in [0.15, 0.2) is 10.2 Å². The Bertz CT molecular complexity index is 475. The van der Waals surface area contributed by atoms with Crippen LogP contribution in [0.1, 0.15) is 85.5 Å². The molecule has 4 nitrogen and oxygen atoms in total. The number of ether oxygens (including phenoxy) is 1. The molecule has 3 unspecified atom stereocenters. The fourth-order valence-electron chi connectivity index (χ4n) is 4.75. The van der Waals surface area contributed by atoms with Crippen molar-refractivity contribution < 1.29 is 14.6 Å². The normalized spacial score (nSPS) is 21.8. The van der Waals surface area contributed by atoms with Crippen molar-refractivity contribution in [1.29, 1.82) is 0 Å². The maximum absolute atomic E-state index is 11.9. The van der Waals surface area contributed by atoms with Crippen LogP contribution >= 0.6 is 0 Å². The quantitative estimate of drug-likeness (QED) is 0.210. The first-order valence-corrected chi connectivity index (χ1v) is 20.3. The van der Waals surface area contributed by atoms with Crippen molar-refractivity contribution in [3.8, 4) is 0 Å². The minimum atomic E-state index is -2.29. The number of carbonyl (C=O) groups is 1. The molecule has 0 aliphatic carbocycles. The molecule has 0 aromatic heterocycles. The van der Waals surface area contributed by atoms with E-state index in [1.165, 1.54) is 51.8 Å². The molecular weight excluding hydrogens is 481 g/mol. The average molecular weight is 530 g/mol. The molecule has 1 saturated heterocycles. The summed E-state index contributed by atoms with van der Waals surface area (Å²) in [6.45, 7) is 10.4. The Morgan fingerprint density at radius 3 is 2.17 bits per heavy atom. The molecule has 1 aliphatic heterocycles. The topological polar surface area (TPSA) is 49.8 Å². The molecule has 30 heavy (non-hydrogen) atoms. The Kier molecular flexibility index (Phi) is 14.6. The zero-order chi connectivity index (χ0) is 22.4. The minimum absolute atomic E-state index is 0.0490. The van der Waals surface area contributed by atoms with E-state index < -0.39 is 24.5 Å². The van der Waals surface area contributed by atoms with Gasteiger partial charge < -0.3 is 0 Å². The van der Waals surface area contributed by atoms with Crippen LogP contribution in [-0.4, -0.2) is 66.7 Å². The number of likely N-dealkylation sites (tertiary alicyclic amines) is 1. The molecule has 1 N–H and O–H groups in total. The number of nitrogens with zero attached hydrogens (tertiary/aromatic N) is 1. The van der Waals surface area contributed by atoms with Gasteiger partial charge >= 0.3 is 191 Å². The molecule has 0 aromatic carbocycles. The number of esters is 1. The van der Waals surface area contributed by atoms with Gasteiger partial charge in [-0.3, -0.25) is 0 Å². The summed E-state index contributed by atoms with van der Waals surface area (Å²) in [5.41, 5.74) is 0. The summed E-state index contributed by atoms with van der Waals surface area (Å²) in [7, 11) is 2.06. The second-order valence-electron chi connectivity index (χ2n) is 9.48. The van der Waals surface area contributed by atoms with E-state index in [0.29, 0.717) is 12.8 Å². The van der Waals surface area contributed by atoms with E-state index in [9.17, 15) is 9.90 Å². The van der Waals surface area contributed by atoms with Gasteiger partial charge in [0.1, 0.15) is 0 Å². The fraction of sp³-hybridized carbons (Fsp3) is 0.880. The second-order valence-corrected chi connectivity index (χ2v) is 22.5. The van der Waals surface area contributed by atoms with Gasteiger partial charge in [0.2, 0.25) is 0 Å². The van der Waals surface area contributed by atoms with Gasteiger partial charge in [0.15, 0.2) is 0 Å². The molecule has 0 amide bonds. The Labute approximate surface area is 190 Å². The number of aliphatic hydroxyl groups excluding tert-OH is 1. The maximum atomic E-state index is 11.9. The molecule has 0 bridgehead atoms. The molecule has 0 spiro atoms. The molecule has 1 rings (SSSR count). The molecule has 0 radical (unpaired) electrons. The third-order valence-electron chi connectivity index (χ3n) is 6.81. The first-order valence-electron chi connectivity index (χ1n) is 12.6. The Hall–Kier alpha value is -0.0713. The van der Waals surface area contributed by atoms with Crippen molar-refractivity contribution in [3.63, 3.8) is 0 Å². The van der Waals surface area contributed by atoms with E-state index in [1.807, 2.05) is 6.92 Å². The second kappa shape index (κ2) is 15.7. The summed E-state index contributed by atoms with van der Waals surface area (Å²) in [4.78, 5) is 14.1. The van der Waals surface area contributed by atoms with Crippen molar-refractivity contribution in [2.24, 2.45) is 5.92 Å². The molecule has 1 aliphatic rings. The molecule has 5 heteroatoms. The van der Waals surface area contributed by atoms with Crippen molar-refractivity contribution in [3.05, 3.63) is 10.2 Å². The fourth-order valence-corrected chi connectivity index (χ4v) is 19.2. The van der Waals surface area contributed by atoms with Crippen LogP contribution in [0.5, 0.6) is 0 Å². The van der Waals surface area contributed by atoms with Gasteiger partial charge in [0.25, 0.3) is 0 Å².